The summed E-state index contributed by atoms with van der Waals surface area (Å²) >= 11 is 26.0. The van der Waals surface area contributed by atoms with Crippen molar-refractivity contribution in [1.29, 1.82) is 0 Å². The van der Waals surface area contributed by atoms with Crippen LogP contribution in [0.4, 0.5) is 0 Å². The summed E-state index contributed by atoms with van der Waals surface area (Å²) in [5.41, 5.74) is 9.94. The van der Waals surface area contributed by atoms with E-state index in [1.165, 1.54) is 12.7 Å². The van der Waals surface area contributed by atoms with Gasteiger partial charge in [0.05, 0.1) is 64.2 Å². The summed E-state index contributed by atoms with van der Waals surface area (Å²) in [6.07, 6.45) is -1.06. The molecule has 0 radical (unpaired) electrons. The molecule has 0 aliphatic carbocycles. The third kappa shape index (κ3) is 17.4. The molecule has 4 heterocycles. The van der Waals surface area contributed by atoms with Crippen LogP contribution in [0, 0.1) is 0 Å². The fourth-order valence-corrected chi connectivity index (χ4v) is 10.4. The average molecular weight is 1190 g/mol. The molecule has 4 aromatic carbocycles. The first-order valence-electron chi connectivity index (χ1n) is 25.5. The third-order valence-corrected chi connectivity index (χ3v) is 14.2. The van der Waals surface area contributed by atoms with Crippen molar-refractivity contribution in [3.63, 3.8) is 0 Å². The number of ether oxygens (including phenoxy) is 6. The maximum absolute atomic E-state index is 12.4. The molecule has 2 aliphatic rings. The Hall–Kier alpha value is -5.29. The lowest BCUT2D eigenvalue weighted by molar-refractivity contribution is -0.146. The van der Waals surface area contributed by atoms with Crippen molar-refractivity contribution in [3.05, 3.63) is 151 Å². The Morgan fingerprint density at radius 1 is 0.557 bits per heavy atom. The van der Waals surface area contributed by atoms with E-state index < -0.39 is 24.0 Å². The molecule has 6 aromatic rings. The topological polar surface area (TPSA) is 212 Å². The summed E-state index contributed by atoms with van der Waals surface area (Å²) in [7, 11) is 4.16. The van der Waals surface area contributed by atoms with Gasteiger partial charge in [-0.05, 0) is 83.9 Å². The maximum Gasteiger partial charge on any atom is 0.252 e. The molecule has 2 aliphatic heterocycles. The van der Waals surface area contributed by atoms with Crippen molar-refractivity contribution in [3.8, 4) is 34.3 Å². The van der Waals surface area contributed by atoms with Gasteiger partial charge in [-0.2, -0.15) is 0 Å². The standard InChI is InChI=1S/C56H62Cl4N8O10.ClH/c1-67-29-43(41-23-39(57)25-47(59)45(41)31-67)35-5-3-7-37(21-35)49-27-51(65-33-63-49)77-19-17-75-15-13-73-11-9-61-55(71)53(69)54(70)56(72)62-10-12-74-14-16-76-18-20-78-52-28-50(64-34-66-52)38-8-4-6-36(22-38)44-30-68(2)32-46-42(44)24-40(58)26-48(46)60;/h3-8,21-28,33-34,43-44,53-54,69-70H,9-20,29-32H2,1-2H3,(H,61,71)(H,62,72);1H/t43-,44-,53+,54+;/m0./s1. The highest BCUT2D eigenvalue weighted by molar-refractivity contribution is 6.35. The van der Waals surface area contributed by atoms with E-state index in [0.717, 1.165) is 70.7 Å². The second-order valence-electron chi connectivity index (χ2n) is 18.8. The molecule has 0 spiro atoms. The zero-order valence-electron chi connectivity index (χ0n) is 43.6. The Morgan fingerprint density at radius 2 is 0.949 bits per heavy atom. The van der Waals surface area contributed by atoms with E-state index in [9.17, 15) is 19.8 Å². The third-order valence-electron chi connectivity index (χ3n) is 13.1. The molecular weight excluding hydrogens is 1120 g/mol. The summed E-state index contributed by atoms with van der Waals surface area (Å²) in [6, 6.07) is 27.6. The highest BCUT2D eigenvalue weighted by Crippen LogP contribution is 2.41. The van der Waals surface area contributed by atoms with E-state index >= 15 is 0 Å². The summed E-state index contributed by atoms with van der Waals surface area (Å²) < 4.78 is 33.9. The molecule has 0 unspecified atom stereocenters. The number of rotatable bonds is 27. The molecule has 0 saturated carbocycles. The molecule has 0 saturated heterocycles. The quantitative estimate of drug-likeness (QED) is 0.0374. The fraction of sp³-hybridized carbons (Fsp3) is 0.393. The summed E-state index contributed by atoms with van der Waals surface area (Å²) in [4.78, 5) is 46.8. The number of likely N-dealkylation sites (N-methyl/N-ethyl adjacent to an activating group) is 2. The van der Waals surface area contributed by atoms with Gasteiger partial charge in [0.25, 0.3) is 11.8 Å². The number of hydrogen-bond acceptors (Lipinski definition) is 16. The lowest BCUT2D eigenvalue weighted by Crippen LogP contribution is -2.50. The molecule has 0 fully saturated rings. The SMILES string of the molecule is CN1Cc2c(Cl)cc(Cl)cc2[C@H](c2cccc(-c3cc(OCCOCCOCCNC(=O)[C@H](O)[C@@H](O)C(=O)NCCOCCOCCOc4cc(-c5cccc([C@@H]6CN(C)Cc7c(Cl)cc(Cl)cc76)c5)ncn4)ncn3)c2)C1.Cl. The molecule has 2 amide bonds. The molecule has 2 aromatic heterocycles. The highest BCUT2D eigenvalue weighted by Gasteiger charge is 2.31. The van der Waals surface area contributed by atoms with Gasteiger partial charge >= 0.3 is 0 Å². The number of halogens is 5. The van der Waals surface area contributed by atoms with Crippen LogP contribution in [0.25, 0.3) is 22.5 Å². The molecule has 0 bridgehead atoms. The number of nitrogens with zero attached hydrogens (tertiary/aromatic N) is 6. The van der Waals surface area contributed by atoms with Gasteiger partial charge in [0, 0.05) is 94.5 Å². The van der Waals surface area contributed by atoms with Crippen LogP contribution < -0.4 is 20.1 Å². The highest BCUT2D eigenvalue weighted by atomic mass is 35.5. The monoisotopic (exact) mass is 1180 g/mol. The molecule has 422 valence electrons. The fourth-order valence-electron chi connectivity index (χ4n) is 9.29. The zero-order chi connectivity index (χ0) is 55.0. The zero-order valence-corrected chi connectivity index (χ0v) is 47.5. The van der Waals surface area contributed by atoms with Crippen LogP contribution in [0.2, 0.25) is 20.1 Å². The first-order valence-corrected chi connectivity index (χ1v) is 27.0. The molecule has 79 heavy (non-hydrogen) atoms. The van der Waals surface area contributed by atoms with Gasteiger partial charge in [-0.3, -0.25) is 9.59 Å². The van der Waals surface area contributed by atoms with Crippen molar-refractivity contribution in [1.82, 2.24) is 40.4 Å². The van der Waals surface area contributed by atoms with Crippen LogP contribution in [0.3, 0.4) is 0 Å². The van der Waals surface area contributed by atoms with E-state index in [4.69, 9.17) is 74.8 Å². The van der Waals surface area contributed by atoms with E-state index in [0.29, 0.717) is 43.2 Å². The van der Waals surface area contributed by atoms with E-state index in [1.807, 2.05) is 36.4 Å². The average Bonchev–Trinajstić information content (AvgIpc) is 3.47. The number of carbonyl (C=O) groups excluding carboxylic acids is 2. The van der Waals surface area contributed by atoms with Crippen molar-refractivity contribution in [2.75, 3.05) is 106 Å². The molecular formula is C56H63Cl5N8O10. The second kappa shape index (κ2) is 30.5. The van der Waals surface area contributed by atoms with Crippen molar-refractivity contribution < 1.29 is 48.2 Å². The van der Waals surface area contributed by atoms with Gasteiger partial charge in [0.1, 0.15) is 25.9 Å². The molecule has 8 rings (SSSR count). The van der Waals surface area contributed by atoms with Gasteiger partial charge in [0.2, 0.25) is 11.8 Å². The number of aromatic nitrogens is 4. The van der Waals surface area contributed by atoms with Gasteiger partial charge in [-0.1, -0.05) is 82.8 Å². The van der Waals surface area contributed by atoms with Crippen LogP contribution >= 0.6 is 58.8 Å². The minimum atomic E-state index is -1.99. The van der Waals surface area contributed by atoms with Crippen molar-refractivity contribution >= 4 is 70.6 Å². The van der Waals surface area contributed by atoms with E-state index in [1.54, 1.807) is 24.3 Å². The first-order chi connectivity index (χ1) is 37.8. The molecule has 23 heteroatoms. The first kappa shape index (κ1) is 61.3. The van der Waals surface area contributed by atoms with Gasteiger partial charge in [-0.25, -0.2) is 19.9 Å². The van der Waals surface area contributed by atoms with Crippen LogP contribution in [0.1, 0.15) is 45.2 Å². The minimum Gasteiger partial charge on any atom is -0.475 e. The Labute approximate surface area is 485 Å². The summed E-state index contributed by atoms with van der Waals surface area (Å²) in [5, 5.41) is 27.9. The van der Waals surface area contributed by atoms with Crippen LogP contribution in [-0.4, -0.2) is 170 Å². The number of nitrogens with one attached hydrogen (secondary N) is 2. The Morgan fingerprint density at radius 3 is 1.37 bits per heavy atom. The van der Waals surface area contributed by atoms with E-state index in [2.05, 4.69) is 78.7 Å². The number of amides is 2. The van der Waals surface area contributed by atoms with Crippen LogP contribution in [-0.2, 0) is 41.6 Å². The van der Waals surface area contributed by atoms with E-state index in [-0.39, 0.29) is 103 Å². The number of benzene rings is 4. The lowest BCUT2D eigenvalue weighted by Gasteiger charge is -2.33. The number of fused-ring (bicyclic) bond motifs is 2. The van der Waals surface area contributed by atoms with Gasteiger partial charge in [-0.15, -0.1) is 12.4 Å². The lowest BCUT2D eigenvalue weighted by atomic mass is 9.84. The summed E-state index contributed by atoms with van der Waals surface area (Å²) in [5.74, 6) is -0.877. The maximum atomic E-state index is 12.4. The van der Waals surface area contributed by atoms with Gasteiger partial charge in [0.15, 0.2) is 12.2 Å². The van der Waals surface area contributed by atoms with Gasteiger partial charge < -0.3 is 59.1 Å². The van der Waals surface area contributed by atoms with Crippen LogP contribution in [0.15, 0.2) is 97.6 Å². The number of aliphatic hydroxyl groups excluding tert-OH is 2. The second-order valence-corrected chi connectivity index (χ2v) is 20.4. The van der Waals surface area contributed by atoms with Crippen molar-refractivity contribution in [2.45, 2.75) is 37.1 Å². The normalized spacial score (nSPS) is 16.0. The Kier molecular flexibility index (Phi) is 23.7. The number of carbonyl (C=O) groups is 2. The predicted molar refractivity (Wildman–Crippen MR) is 304 cm³/mol. The Balaban J connectivity index is 0.00000903. The largest absolute Gasteiger partial charge is 0.475 e. The number of aliphatic hydroxyl groups is 2. The minimum absolute atomic E-state index is 0. The molecule has 4 N–H and O–H groups in total. The van der Waals surface area contributed by atoms with Crippen LogP contribution in [0.5, 0.6) is 11.8 Å². The summed E-state index contributed by atoms with van der Waals surface area (Å²) in [6.45, 7) is 5.41. The predicted octanol–water partition coefficient (Wildman–Crippen LogP) is 7.27. The number of hydrogen-bond donors (Lipinski definition) is 4. The molecule has 4 atom stereocenters. The Bertz CT molecular complexity index is 2790. The molecule has 18 nitrogen and oxygen atoms in total. The smallest absolute Gasteiger partial charge is 0.252 e. The van der Waals surface area contributed by atoms with Crippen molar-refractivity contribution in [2.24, 2.45) is 0 Å².